The van der Waals surface area contributed by atoms with Crippen LogP contribution in [0.4, 0.5) is 0 Å². The molecule has 20 heavy (non-hydrogen) atoms. The molecule has 0 saturated carbocycles. The Morgan fingerprint density at radius 1 is 1.25 bits per heavy atom. The van der Waals surface area contributed by atoms with Crippen LogP contribution in [0.15, 0.2) is 30.3 Å². The molecule has 0 bridgehead atoms. The van der Waals surface area contributed by atoms with Gasteiger partial charge < -0.3 is 10.4 Å². The van der Waals surface area contributed by atoms with Crippen LogP contribution in [0.2, 0.25) is 0 Å². The van der Waals surface area contributed by atoms with Gasteiger partial charge in [-0.3, -0.25) is 4.79 Å². The number of carboxylic acid groups (broad SMARTS) is 1. The number of sulfone groups is 1. The maximum atomic E-state index is 11.4. The average molecular weight is 299 g/mol. The fourth-order valence-electron chi connectivity index (χ4n) is 1.69. The van der Waals surface area contributed by atoms with Gasteiger partial charge in [0.05, 0.1) is 0 Å². The number of aryl methyl sites for hydroxylation is 1. The summed E-state index contributed by atoms with van der Waals surface area (Å²) in [7, 11) is -3.47. The number of hydrogen-bond acceptors (Lipinski definition) is 4. The molecule has 0 saturated heterocycles. The lowest BCUT2D eigenvalue weighted by Gasteiger charge is -2.14. The summed E-state index contributed by atoms with van der Waals surface area (Å²) in [5.41, 5.74) is 0.955. The smallest absolute Gasteiger partial charge is 0.326 e. The van der Waals surface area contributed by atoms with E-state index in [1.807, 2.05) is 30.3 Å². The van der Waals surface area contributed by atoms with Crippen molar-refractivity contribution in [2.75, 3.05) is 12.0 Å². The molecule has 7 heteroatoms. The largest absolute Gasteiger partial charge is 0.480 e. The van der Waals surface area contributed by atoms with Crippen LogP contribution >= 0.6 is 0 Å². The zero-order chi connectivity index (χ0) is 15.2. The Morgan fingerprint density at radius 2 is 1.85 bits per heavy atom. The molecule has 1 rings (SSSR count). The maximum absolute atomic E-state index is 11.4. The van der Waals surface area contributed by atoms with Crippen LogP contribution in [-0.4, -0.2) is 43.5 Å². The van der Waals surface area contributed by atoms with E-state index in [0.717, 1.165) is 11.8 Å². The summed E-state index contributed by atoms with van der Waals surface area (Å²) in [6.45, 7) is 0. The molecule has 0 spiro atoms. The molecule has 0 aliphatic carbocycles. The SMILES string of the molecule is CS(=O)(=O)CC(=O)N[C@@H](CCc1ccccc1)C(=O)O. The Labute approximate surface area is 117 Å². The molecule has 1 amide bonds. The quantitative estimate of drug-likeness (QED) is 0.751. The van der Waals surface area contributed by atoms with Crippen molar-refractivity contribution in [1.82, 2.24) is 5.32 Å². The lowest BCUT2D eigenvalue weighted by molar-refractivity contribution is -0.141. The number of benzene rings is 1. The molecule has 0 radical (unpaired) electrons. The first kappa shape index (κ1) is 16.2. The van der Waals surface area contributed by atoms with E-state index >= 15 is 0 Å². The molecule has 0 aromatic heterocycles. The van der Waals surface area contributed by atoms with Gasteiger partial charge in [0.1, 0.15) is 11.8 Å². The van der Waals surface area contributed by atoms with Crippen molar-refractivity contribution in [1.29, 1.82) is 0 Å². The van der Waals surface area contributed by atoms with Crippen LogP contribution in [-0.2, 0) is 25.8 Å². The average Bonchev–Trinajstić information content (AvgIpc) is 2.33. The van der Waals surface area contributed by atoms with E-state index in [-0.39, 0.29) is 6.42 Å². The number of carbonyl (C=O) groups excluding carboxylic acids is 1. The minimum atomic E-state index is -3.47. The van der Waals surface area contributed by atoms with E-state index in [2.05, 4.69) is 5.32 Å². The minimum Gasteiger partial charge on any atom is -0.480 e. The van der Waals surface area contributed by atoms with E-state index in [9.17, 15) is 18.0 Å². The third-order valence-electron chi connectivity index (χ3n) is 2.59. The first-order valence-corrected chi connectivity index (χ1v) is 8.08. The number of carboxylic acids is 1. The fourth-order valence-corrected chi connectivity index (χ4v) is 2.25. The van der Waals surface area contributed by atoms with Gasteiger partial charge in [-0.25, -0.2) is 13.2 Å². The zero-order valence-corrected chi connectivity index (χ0v) is 11.9. The van der Waals surface area contributed by atoms with Gasteiger partial charge in [0.15, 0.2) is 9.84 Å². The second-order valence-corrected chi connectivity index (χ2v) is 6.69. The molecule has 0 unspecified atom stereocenters. The highest BCUT2D eigenvalue weighted by molar-refractivity contribution is 7.91. The Balaban J connectivity index is 2.57. The number of nitrogens with one attached hydrogen (secondary N) is 1. The number of aliphatic carboxylic acids is 1. The lowest BCUT2D eigenvalue weighted by atomic mass is 10.1. The Morgan fingerprint density at radius 3 is 2.35 bits per heavy atom. The summed E-state index contributed by atoms with van der Waals surface area (Å²) in [6, 6.07) is 8.16. The monoisotopic (exact) mass is 299 g/mol. The number of hydrogen-bond donors (Lipinski definition) is 2. The third kappa shape index (κ3) is 6.33. The lowest BCUT2D eigenvalue weighted by Crippen LogP contribution is -2.43. The van der Waals surface area contributed by atoms with Crippen LogP contribution in [0.3, 0.4) is 0 Å². The fraction of sp³-hybridized carbons (Fsp3) is 0.385. The summed E-state index contributed by atoms with van der Waals surface area (Å²) < 4.78 is 21.9. The van der Waals surface area contributed by atoms with E-state index in [1.54, 1.807) is 0 Å². The maximum Gasteiger partial charge on any atom is 0.326 e. The van der Waals surface area contributed by atoms with Gasteiger partial charge >= 0.3 is 5.97 Å². The van der Waals surface area contributed by atoms with Crippen LogP contribution in [0.25, 0.3) is 0 Å². The van der Waals surface area contributed by atoms with Crippen LogP contribution in [0, 0.1) is 0 Å². The van der Waals surface area contributed by atoms with Crippen molar-refractivity contribution >= 4 is 21.7 Å². The highest BCUT2D eigenvalue weighted by Gasteiger charge is 2.21. The summed E-state index contributed by atoms with van der Waals surface area (Å²) in [4.78, 5) is 22.5. The standard InChI is InChI=1S/C13H17NO5S/c1-20(18,19)9-12(15)14-11(13(16)17)8-7-10-5-3-2-4-6-10/h2-6,11H,7-9H2,1H3,(H,14,15)(H,16,17)/t11-/m0/s1. The molecule has 0 heterocycles. The van der Waals surface area contributed by atoms with Crippen LogP contribution in [0.5, 0.6) is 0 Å². The van der Waals surface area contributed by atoms with Gasteiger partial charge in [0.2, 0.25) is 5.91 Å². The van der Waals surface area contributed by atoms with Crippen molar-refractivity contribution < 1.29 is 23.1 Å². The second kappa shape index (κ2) is 7.04. The Kier molecular flexibility index (Phi) is 5.69. The minimum absolute atomic E-state index is 0.203. The summed E-state index contributed by atoms with van der Waals surface area (Å²) in [6.07, 6.45) is 1.61. The highest BCUT2D eigenvalue weighted by atomic mass is 32.2. The molecule has 1 atom stereocenters. The Hall–Kier alpha value is -1.89. The number of carbonyl (C=O) groups is 2. The third-order valence-corrected chi connectivity index (χ3v) is 3.38. The van der Waals surface area contributed by atoms with Crippen molar-refractivity contribution in [3.05, 3.63) is 35.9 Å². The van der Waals surface area contributed by atoms with Gasteiger partial charge in [-0.15, -0.1) is 0 Å². The zero-order valence-electron chi connectivity index (χ0n) is 11.1. The van der Waals surface area contributed by atoms with Gasteiger partial charge in [-0.2, -0.15) is 0 Å². The van der Waals surface area contributed by atoms with Gasteiger partial charge in [0, 0.05) is 6.26 Å². The van der Waals surface area contributed by atoms with E-state index in [4.69, 9.17) is 5.11 Å². The number of rotatable bonds is 7. The van der Waals surface area contributed by atoms with Crippen LogP contribution < -0.4 is 5.32 Å². The summed E-state index contributed by atoms with van der Waals surface area (Å²) >= 11 is 0. The molecule has 0 aliphatic heterocycles. The summed E-state index contributed by atoms with van der Waals surface area (Å²) in [5, 5.41) is 11.3. The highest BCUT2D eigenvalue weighted by Crippen LogP contribution is 2.05. The van der Waals surface area contributed by atoms with E-state index in [0.29, 0.717) is 6.42 Å². The molecule has 1 aromatic carbocycles. The van der Waals surface area contributed by atoms with E-state index < -0.39 is 33.5 Å². The second-order valence-electron chi connectivity index (χ2n) is 4.55. The molecule has 110 valence electrons. The molecule has 0 aliphatic rings. The van der Waals surface area contributed by atoms with E-state index in [1.165, 1.54) is 0 Å². The van der Waals surface area contributed by atoms with Crippen molar-refractivity contribution in [2.24, 2.45) is 0 Å². The topological polar surface area (TPSA) is 101 Å². The molecule has 0 fully saturated rings. The van der Waals surface area contributed by atoms with Crippen LogP contribution in [0.1, 0.15) is 12.0 Å². The van der Waals surface area contributed by atoms with Gasteiger partial charge in [0.25, 0.3) is 0 Å². The molecule has 2 N–H and O–H groups in total. The summed E-state index contributed by atoms with van der Waals surface area (Å²) in [5.74, 6) is -2.68. The Bertz CT molecular complexity index is 568. The van der Waals surface area contributed by atoms with Gasteiger partial charge in [-0.1, -0.05) is 30.3 Å². The van der Waals surface area contributed by atoms with Crippen molar-refractivity contribution in [3.8, 4) is 0 Å². The van der Waals surface area contributed by atoms with Crippen molar-refractivity contribution in [3.63, 3.8) is 0 Å². The molecular formula is C13H17NO5S. The first-order chi connectivity index (χ1) is 9.28. The molecule has 6 nitrogen and oxygen atoms in total. The predicted molar refractivity (Wildman–Crippen MR) is 74.0 cm³/mol. The van der Waals surface area contributed by atoms with Gasteiger partial charge in [-0.05, 0) is 18.4 Å². The molecular weight excluding hydrogens is 282 g/mol. The predicted octanol–water partition coefficient (Wildman–Crippen LogP) is 0.233. The molecule has 1 aromatic rings. The first-order valence-electron chi connectivity index (χ1n) is 6.02. The normalized spacial score (nSPS) is 12.7. The van der Waals surface area contributed by atoms with Crippen molar-refractivity contribution in [2.45, 2.75) is 18.9 Å². The number of amides is 1.